The Hall–Kier alpha value is -2.15. The number of carbonyl (C=O) groups is 1. The maximum Gasteiger partial charge on any atom is 0.350 e. The van der Waals surface area contributed by atoms with Gasteiger partial charge in [0.15, 0.2) is 5.65 Å². The molecule has 2 heterocycles. The highest BCUT2D eigenvalue weighted by atomic mass is 16.6. The summed E-state index contributed by atoms with van der Waals surface area (Å²) in [4.78, 5) is 27.3. The molecule has 2 aromatic heterocycles. The first-order chi connectivity index (χ1) is 7.72. The second kappa shape index (κ2) is 4.15. The Morgan fingerprint density at radius 2 is 2.38 bits per heavy atom. The van der Waals surface area contributed by atoms with Crippen molar-refractivity contribution in [3.05, 3.63) is 34.9 Å². The van der Waals surface area contributed by atoms with Crippen LogP contribution in [0.3, 0.4) is 0 Å². The van der Waals surface area contributed by atoms with E-state index in [2.05, 4.69) is 15.4 Å². The summed E-state index contributed by atoms with van der Waals surface area (Å²) in [6.07, 6.45) is 1.59. The molecule has 0 aliphatic rings. The number of nitrogens with zero attached hydrogens (tertiary/aromatic N) is 3. The quantitative estimate of drug-likeness (QED) is 0.688. The van der Waals surface area contributed by atoms with Gasteiger partial charge in [0.25, 0.3) is 5.91 Å². The summed E-state index contributed by atoms with van der Waals surface area (Å²) in [7, 11) is 1.32. The SMILES string of the molecule is CONC(=O)Cn1nc2ccccn2c1=O. The molecule has 0 unspecified atom stereocenters. The lowest BCUT2D eigenvalue weighted by molar-refractivity contribution is -0.132. The summed E-state index contributed by atoms with van der Waals surface area (Å²) in [5.74, 6) is -0.437. The number of aromatic nitrogens is 3. The van der Waals surface area contributed by atoms with Gasteiger partial charge in [0.1, 0.15) is 6.54 Å². The molecule has 0 aliphatic carbocycles. The van der Waals surface area contributed by atoms with Crippen molar-refractivity contribution >= 4 is 11.6 Å². The van der Waals surface area contributed by atoms with Crippen LogP contribution >= 0.6 is 0 Å². The van der Waals surface area contributed by atoms with Gasteiger partial charge in [0, 0.05) is 6.20 Å². The molecule has 7 heteroatoms. The van der Waals surface area contributed by atoms with Crippen LogP contribution in [0.4, 0.5) is 0 Å². The van der Waals surface area contributed by atoms with Crippen molar-refractivity contribution in [2.24, 2.45) is 0 Å². The van der Waals surface area contributed by atoms with Crippen LogP contribution in [-0.4, -0.2) is 27.2 Å². The van der Waals surface area contributed by atoms with E-state index < -0.39 is 5.91 Å². The Bertz CT molecular complexity index is 571. The molecule has 0 fully saturated rings. The lowest BCUT2D eigenvalue weighted by Gasteiger charge is -1.99. The molecule has 0 saturated heterocycles. The molecule has 16 heavy (non-hydrogen) atoms. The van der Waals surface area contributed by atoms with Gasteiger partial charge in [-0.15, -0.1) is 5.10 Å². The monoisotopic (exact) mass is 222 g/mol. The molecule has 0 spiro atoms. The fraction of sp³-hybridized carbons (Fsp3) is 0.222. The predicted octanol–water partition coefficient (Wildman–Crippen LogP) is -0.826. The number of hydroxylamine groups is 1. The zero-order valence-corrected chi connectivity index (χ0v) is 8.58. The highest BCUT2D eigenvalue weighted by Gasteiger charge is 2.09. The van der Waals surface area contributed by atoms with Crippen molar-refractivity contribution in [1.29, 1.82) is 0 Å². The van der Waals surface area contributed by atoms with Crippen molar-refractivity contribution in [3.63, 3.8) is 0 Å². The summed E-state index contributed by atoms with van der Waals surface area (Å²) < 4.78 is 2.43. The summed E-state index contributed by atoms with van der Waals surface area (Å²) in [5.41, 5.74) is 2.26. The third-order valence-electron chi connectivity index (χ3n) is 2.00. The Labute approximate surface area is 90.2 Å². The lowest BCUT2D eigenvalue weighted by atomic mass is 10.5. The first-order valence-corrected chi connectivity index (χ1v) is 4.58. The molecule has 84 valence electrons. The first-order valence-electron chi connectivity index (χ1n) is 4.58. The van der Waals surface area contributed by atoms with Gasteiger partial charge in [-0.3, -0.25) is 14.0 Å². The fourth-order valence-corrected chi connectivity index (χ4v) is 1.35. The minimum Gasteiger partial charge on any atom is -0.277 e. The van der Waals surface area contributed by atoms with Crippen LogP contribution < -0.4 is 11.2 Å². The summed E-state index contributed by atoms with van der Waals surface area (Å²) in [5, 5.41) is 3.99. The van der Waals surface area contributed by atoms with Crippen LogP contribution in [-0.2, 0) is 16.2 Å². The second-order valence-electron chi connectivity index (χ2n) is 3.10. The minimum atomic E-state index is -0.437. The molecule has 0 aliphatic heterocycles. The van der Waals surface area contributed by atoms with E-state index in [4.69, 9.17) is 0 Å². The van der Waals surface area contributed by atoms with E-state index >= 15 is 0 Å². The van der Waals surface area contributed by atoms with Crippen molar-refractivity contribution in [2.45, 2.75) is 6.54 Å². The maximum atomic E-state index is 11.7. The van der Waals surface area contributed by atoms with Crippen LogP contribution in [0.2, 0.25) is 0 Å². The molecule has 0 bridgehead atoms. The molecule has 2 aromatic rings. The van der Waals surface area contributed by atoms with Gasteiger partial charge >= 0.3 is 5.69 Å². The molecular weight excluding hydrogens is 212 g/mol. The fourth-order valence-electron chi connectivity index (χ4n) is 1.35. The van der Waals surface area contributed by atoms with Crippen molar-refractivity contribution < 1.29 is 9.63 Å². The van der Waals surface area contributed by atoms with E-state index in [-0.39, 0.29) is 12.2 Å². The Balaban J connectivity index is 2.35. The van der Waals surface area contributed by atoms with E-state index in [1.54, 1.807) is 24.4 Å². The van der Waals surface area contributed by atoms with Gasteiger partial charge in [-0.1, -0.05) is 6.07 Å². The number of hydrogen-bond acceptors (Lipinski definition) is 4. The maximum absolute atomic E-state index is 11.7. The van der Waals surface area contributed by atoms with E-state index in [1.165, 1.54) is 11.5 Å². The molecule has 0 atom stereocenters. The average Bonchev–Trinajstić information content (AvgIpc) is 2.57. The van der Waals surface area contributed by atoms with Crippen LogP contribution in [0.5, 0.6) is 0 Å². The molecule has 7 nitrogen and oxygen atoms in total. The molecular formula is C9H10N4O3. The van der Waals surface area contributed by atoms with Crippen LogP contribution in [0.1, 0.15) is 0 Å². The molecule has 0 aromatic carbocycles. The molecule has 0 radical (unpaired) electrons. The van der Waals surface area contributed by atoms with Gasteiger partial charge in [-0.25, -0.2) is 15.0 Å². The number of rotatable bonds is 3. The molecule has 1 amide bonds. The molecule has 1 N–H and O–H groups in total. The van der Waals surface area contributed by atoms with E-state index in [9.17, 15) is 9.59 Å². The van der Waals surface area contributed by atoms with Crippen molar-refractivity contribution in [2.75, 3.05) is 7.11 Å². The van der Waals surface area contributed by atoms with Crippen LogP contribution in [0, 0.1) is 0 Å². The highest BCUT2D eigenvalue weighted by Crippen LogP contribution is 1.94. The average molecular weight is 222 g/mol. The van der Waals surface area contributed by atoms with Crippen LogP contribution in [0.25, 0.3) is 5.65 Å². The number of nitrogens with one attached hydrogen (secondary N) is 1. The number of fused-ring (bicyclic) bond motifs is 1. The summed E-state index contributed by atoms with van der Waals surface area (Å²) in [6.45, 7) is -0.172. The smallest absolute Gasteiger partial charge is 0.277 e. The van der Waals surface area contributed by atoms with E-state index in [1.807, 2.05) is 0 Å². The van der Waals surface area contributed by atoms with Gasteiger partial charge in [0.2, 0.25) is 0 Å². The third-order valence-corrected chi connectivity index (χ3v) is 2.00. The van der Waals surface area contributed by atoms with Crippen molar-refractivity contribution in [1.82, 2.24) is 19.7 Å². The zero-order chi connectivity index (χ0) is 11.5. The predicted molar refractivity (Wildman–Crippen MR) is 54.6 cm³/mol. The van der Waals surface area contributed by atoms with Gasteiger partial charge in [-0.05, 0) is 12.1 Å². The topological polar surface area (TPSA) is 77.6 Å². The van der Waals surface area contributed by atoms with E-state index in [0.717, 1.165) is 4.68 Å². The Morgan fingerprint density at radius 1 is 1.56 bits per heavy atom. The number of pyridine rings is 1. The van der Waals surface area contributed by atoms with Gasteiger partial charge in [0.05, 0.1) is 7.11 Å². The standard InChI is InChI=1S/C9H10N4O3/c1-16-11-8(14)6-13-9(15)12-5-3-2-4-7(12)10-13/h2-5H,6H2,1H3,(H,11,14). The van der Waals surface area contributed by atoms with Gasteiger partial charge < -0.3 is 0 Å². The largest absolute Gasteiger partial charge is 0.350 e. The van der Waals surface area contributed by atoms with Crippen molar-refractivity contribution in [3.8, 4) is 0 Å². The summed E-state index contributed by atoms with van der Waals surface area (Å²) in [6, 6.07) is 5.17. The first kappa shape index (κ1) is 10.4. The molecule has 2 rings (SSSR count). The summed E-state index contributed by atoms with van der Waals surface area (Å²) >= 11 is 0. The normalized spacial score (nSPS) is 10.6. The zero-order valence-electron chi connectivity index (χ0n) is 8.58. The Kier molecular flexibility index (Phi) is 2.69. The van der Waals surface area contributed by atoms with Gasteiger partial charge in [-0.2, -0.15) is 0 Å². The van der Waals surface area contributed by atoms with E-state index in [0.29, 0.717) is 5.65 Å². The Morgan fingerprint density at radius 3 is 3.06 bits per heavy atom. The number of carbonyl (C=O) groups excluding carboxylic acids is 1. The lowest BCUT2D eigenvalue weighted by Crippen LogP contribution is -2.32. The molecule has 0 saturated carbocycles. The minimum absolute atomic E-state index is 0.172. The third kappa shape index (κ3) is 1.80. The number of hydrogen-bond donors (Lipinski definition) is 1. The number of amides is 1. The highest BCUT2D eigenvalue weighted by molar-refractivity contribution is 5.74. The second-order valence-corrected chi connectivity index (χ2v) is 3.10. The van der Waals surface area contributed by atoms with Crippen LogP contribution in [0.15, 0.2) is 29.2 Å².